The minimum atomic E-state index is -0.165. The van der Waals surface area contributed by atoms with Crippen molar-refractivity contribution in [1.82, 2.24) is 9.88 Å². The van der Waals surface area contributed by atoms with Crippen molar-refractivity contribution in [2.45, 2.75) is 46.2 Å². The summed E-state index contributed by atoms with van der Waals surface area (Å²) in [5.41, 5.74) is 1.19. The second kappa shape index (κ2) is 7.93. The second-order valence-corrected chi connectivity index (χ2v) is 4.47. The second-order valence-electron chi connectivity index (χ2n) is 4.47. The molecule has 18 heavy (non-hydrogen) atoms. The van der Waals surface area contributed by atoms with E-state index in [-0.39, 0.29) is 5.97 Å². The van der Waals surface area contributed by atoms with Crippen molar-refractivity contribution in [3.8, 4) is 0 Å². The van der Waals surface area contributed by atoms with Gasteiger partial charge in [-0.15, -0.1) is 0 Å². The molecular formula is C14H24N2O2. The summed E-state index contributed by atoms with van der Waals surface area (Å²) in [4.78, 5) is 11.5. The Morgan fingerprint density at radius 2 is 2.28 bits per heavy atom. The molecule has 0 aliphatic heterocycles. The number of rotatable bonds is 8. The lowest BCUT2D eigenvalue weighted by Crippen LogP contribution is -2.17. The molecule has 1 aromatic heterocycles. The summed E-state index contributed by atoms with van der Waals surface area (Å²) in [6, 6.07) is 2.35. The van der Waals surface area contributed by atoms with E-state index in [1.807, 2.05) is 23.0 Å². The molecule has 4 heteroatoms. The Labute approximate surface area is 109 Å². The van der Waals surface area contributed by atoms with Crippen LogP contribution in [0.2, 0.25) is 0 Å². The van der Waals surface area contributed by atoms with Crippen LogP contribution in [-0.4, -0.2) is 23.7 Å². The van der Waals surface area contributed by atoms with Crippen LogP contribution in [0.15, 0.2) is 18.5 Å². The summed E-state index contributed by atoms with van der Waals surface area (Å²) in [5, 5.41) is 3.34. The van der Waals surface area contributed by atoms with Gasteiger partial charge in [-0.25, -0.2) is 0 Å². The molecule has 0 aliphatic carbocycles. The van der Waals surface area contributed by atoms with E-state index in [2.05, 4.69) is 26.1 Å². The molecule has 0 aliphatic rings. The number of nitrogens with one attached hydrogen (secondary N) is 1. The Morgan fingerprint density at radius 1 is 1.50 bits per heavy atom. The lowest BCUT2D eigenvalue weighted by molar-refractivity contribution is -0.144. The monoisotopic (exact) mass is 252 g/mol. The zero-order chi connectivity index (χ0) is 13.4. The van der Waals surface area contributed by atoms with Gasteiger partial charge in [-0.2, -0.15) is 0 Å². The fourth-order valence-corrected chi connectivity index (χ4v) is 1.76. The van der Waals surface area contributed by atoms with Crippen LogP contribution in [0.4, 0.5) is 0 Å². The van der Waals surface area contributed by atoms with E-state index in [9.17, 15) is 4.79 Å². The standard InChI is InChI=1S/C14H24N2O2/c1-4-6-9-18-14(17)11-16-8-7-13(10-16)12(3)15-5-2/h7-8,10,12,15H,4-6,9,11H2,1-3H3. The van der Waals surface area contributed by atoms with Gasteiger partial charge in [0.15, 0.2) is 0 Å². The maximum absolute atomic E-state index is 11.5. The van der Waals surface area contributed by atoms with E-state index in [4.69, 9.17) is 4.74 Å². The van der Waals surface area contributed by atoms with Crippen molar-refractivity contribution in [2.75, 3.05) is 13.2 Å². The molecule has 1 N–H and O–H groups in total. The molecule has 1 aromatic rings. The highest BCUT2D eigenvalue weighted by Crippen LogP contribution is 2.12. The number of carbonyl (C=O) groups excluding carboxylic acids is 1. The van der Waals surface area contributed by atoms with Crippen LogP contribution in [0.1, 0.15) is 45.2 Å². The quantitative estimate of drug-likeness (QED) is 0.571. The van der Waals surface area contributed by atoms with Gasteiger partial charge in [-0.05, 0) is 31.5 Å². The molecule has 0 fully saturated rings. The van der Waals surface area contributed by atoms with E-state index < -0.39 is 0 Å². The van der Waals surface area contributed by atoms with Crippen molar-refractivity contribution in [1.29, 1.82) is 0 Å². The van der Waals surface area contributed by atoms with Gasteiger partial charge in [-0.3, -0.25) is 4.79 Å². The van der Waals surface area contributed by atoms with E-state index >= 15 is 0 Å². The van der Waals surface area contributed by atoms with Gasteiger partial charge >= 0.3 is 5.97 Å². The molecule has 4 nitrogen and oxygen atoms in total. The van der Waals surface area contributed by atoms with Gasteiger partial charge in [0.1, 0.15) is 6.54 Å². The predicted molar refractivity (Wildman–Crippen MR) is 72.4 cm³/mol. The molecule has 1 unspecified atom stereocenters. The number of ether oxygens (including phenoxy) is 1. The number of hydrogen-bond donors (Lipinski definition) is 1. The van der Waals surface area contributed by atoms with Gasteiger partial charge in [-0.1, -0.05) is 20.3 Å². The first-order valence-electron chi connectivity index (χ1n) is 6.72. The van der Waals surface area contributed by atoms with Gasteiger partial charge in [0.2, 0.25) is 0 Å². The summed E-state index contributed by atoms with van der Waals surface area (Å²) >= 11 is 0. The summed E-state index contributed by atoms with van der Waals surface area (Å²) in [5.74, 6) is -0.165. The number of carbonyl (C=O) groups is 1. The molecule has 1 heterocycles. The van der Waals surface area contributed by atoms with Crippen LogP contribution in [0.5, 0.6) is 0 Å². The molecule has 0 bridgehead atoms. The van der Waals surface area contributed by atoms with Gasteiger partial charge in [0, 0.05) is 18.4 Å². The van der Waals surface area contributed by atoms with Crippen LogP contribution in [-0.2, 0) is 16.1 Å². The van der Waals surface area contributed by atoms with E-state index in [1.54, 1.807) is 0 Å². The third-order valence-corrected chi connectivity index (χ3v) is 2.86. The first-order chi connectivity index (χ1) is 8.67. The summed E-state index contributed by atoms with van der Waals surface area (Å²) < 4.78 is 7.00. The smallest absolute Gasteiger partial charge is 0.325 e. The number of hydrogen-bond acceptors (Lipinski definition) is 3. The van der Waals surface area contributed by atoms with Crippen LogP contribution < -0.4 is 5.32 Å². The van der Waals surface area contributed by atoms with Gasteiger partial charge in [0.25, 0.3) is 0 Å². The third-order valence-electron chi connectivity index (χ3n) is 2.86. The third kappa shape index (κ3) is 4.92. The zero-order valence-electron chi connectivity index (χ0n) is 11.6. The van der Waals surface area contributed by atoms with Crippen LogP contribution in [0.25, 0.3) is 0 Å². The fourth-order valence-electron chi connectivity index (χ4n) is 1.76. The maximum Gasteiger partial charge on any atom is 0.325 e. The van der Waals surface area contributed by atoms with Crippen LogP contribution >= 0.6 is 0 Å². The Bertz CT molecular complexity index is 360. The average Bonchev–Trinajstić information content (AvgIpc) is 2.78. The molecule has 0 saturated carbocycles. The van der Waals surface area contributed by atoms with Gasteiger partial charge in [0.05, 0.1) is 6.61 Å². The number of nitrogens with zero attached hydrogens (tertiary/aromatic N) is 1. The number of unbranched alkanes of at least 4 members (excludes halogenated alkanes) is 1. The van der Waals surface area contributed by atoms with E-state index in [0.717, 1.165) is 19.4 Å². The average molecular weight is 252 g/mol. The SMILES string of the molecule is CCCCOC(=O)Cn1ccc(C(C)NCC)c1. The highest BCUT2D eigenvalue weighted by atomic mass is 16.5. The minimum Gasteiger partial charge on any atom is -0.464 e. The Hall–Kier alpha value is -1.29. The van der Waals surface area contributed by atoms with Crippen LogP contribution in [0, 0.1) is 0 Å². The van der Waals surface area contributed by atoms with Gasteiger partial charge < -0.3 is 14.6 Å². The zero-order valence-corrected chi connectivity index (χ0v) is 11.6. The van der Waals surface area contributed by atoms with Crippen LogP contribution in [0.3, 0.4) is 0 Å². The predicted octanol–water partition coefficient (Wildman–Crippen LogP) is 2.50. The summed E-state index contributed by atoms with van der Waals surface area (Å²) in [6.45, 7) is 8.03. The first kappa shape index (κ1) is 14.8. The Kier molecular flexibility index (Phi) is 6.50. The Balaban J connectivity index is 2.41. The number of esters is 1. The molecular weight excluding hydrogens is 228 g/mol. The topological polar surface area (TPSA) is 43.3 Å². The van der Waals surface area contributed by atoms with Crippen molar-refractivity contribution < 1.29 is 9.53 Å². The summed E-state index contributed by atoms with van der Waals surface area (Å²) in [6.07, 6.45) is 5.89. The van der Waals surface area contributed by atoms with Crippen molar-refractivity contribution in [2.24, 2.45) is 0 Å². The first-order valence-corrected chi connectivity index (χ1v) is 6.72. The molecule has 102 valence electrons. The fraction of sp³-hybridized carbons (Fsp3) is 0.643. The van der Waals surface area contributed by atoms with E-state index in [0.29, 0.717) is 19.2 Å². The molecule has 0 aromatic carbocycles. The van der Waals surface area contributed by atoms with Crippen molar-refractivity contribution in [3.05, 3.63) is 24.0 Å². The lowest BCUT2D eigenvalue weighted by Gasteiger charge is -2.09. The Morgan fingerprint density at radius 3 is 2.94 bits per heavy atom. The lowest BCUT2D eigenvalue weighted by atomic mass is 10.2. The molecule has 1 atom stereocenters. The maximum atomic E-state index is 11.5. The van der Waals surface area contributed by atoms with Crippen molar-refractivity contribution >= 4 is 5.97 Å². The van der Waals surface area contributed by atoms with Crippen molar-refractivity contribution in [3.63, 3.8) is 0 Å². The highest BCUT2D eigenvalue weighted by Gasteiger charge is 2.08. The minimum absolute atomic E-state index is 0.165. The summed E-state index contributed by atoms with van der Waals surface area (Å²) in [7, 11) is 0. The largest absolute Gasteiger partial charge is 0.464 e. The molecule has 1 rings (SSSR count). The molecule has 0 radical (unpaired) electrons. The normalized spacial score (nSPS) is 12.4. The molecule has 0 amide bonds. The van der Waals surface area contributed by atoms with E-state index in [1.165, 1.54) is 5.56 Å². The molecule has 0 saturated heterocycles. The molecule has 0 spiro atoms. The highest BCUT2D eigenvalue weighted by molar-refractivity contribution is 5.69. The number of aromatic nitrogens is 1.